The molecule has 0 bridgehead atoms. The van der Waals surface area contributed by atoms with E-state index in [1.807, 2.05) is 53.7 Å². The summed E-state index contributed by atoms with van der Waals surface area (Å²) >= 11 is 0. The van der Waals surface area contributed by atoms with Gasteiger partial charge in [-0.2, -0.15) is 0 Å². The van der Waals surface area contributed by atoms with E-state index in [0.29, 0.717) is 11.3 Å². The molecular formula is C36H50N4O3S. The van der Waals surface area contributed by atoms with Gasteiger partial charge in [-0.05, 0) is 47.7 Å². The number of allylic oxidation sites excluding steroid dienone is 1. The number of amides is 1. The maximum atomic E-state index is 12.6. The summed E-state index contributed by atoms with van der Waals surface area (Å²) in [6.45, 7) is 12.6. The van der Waals surface area contributed by atoms with Gasteiger partial charge in [0, 0.05) is 44.7 Å². The summed E-state index contributed by atoms with van der Waals surface area (Å²) in [5, 5.41) is 0. The molecule has 0 spiro atoms. The summed E-state index contributed by atoms with van der Waals surface area (Å²) in [5.41, 5.74) is 3.16. The fraction of sp³-hybridized carbons (Fsp3) is 0.500. The first-order valence-electron chi connectivity index (χ1n) is 16.1. The van der Waals surface area contributed by atoms with E-state index >= 15 is 0 Å². The Morgan fingerprint density at radius 3 is 2.23 bits per heavy atom. The van der Waals surface area contributed by atoms with Crippen LogP contribution in [-0.2, 0) is 14.8 Å². The first-order chi connectivity index (χ1) is 21.1. The van der Waals surface area contributed by atoms with Gasteiger partial charge in [0.1, 0.15) is 0 Å². The maximum absolute atomic E-state index is 12.6. The summed E-state index contributed by atoms with van der Waals surface area (Å²) in [4.78, 5) is 21.3. The molecule has 238 valence electrons. The molecule has 2 aromatic carbocycles. The number of benzene rings is 2. The van der Waals surface area contributed by atoms with Crippen LogP contribution < -0.4 is 4.72 Å². The number of sulfonamides is 1. The van der Waals surface area contributed by atoms with Crippen molar-refractivity contribution in [1.29, 1.82) is 0 Å². The Morgan fingerprint density at radius 1 is 0.977 bits per heavy atom. The molecular weight excluding hydrogens is 568 g/mol. The number of piperazine rings is 1. The first kappa shape index (κ1) is 33.7. The van der Waals surface area contributed by atoms with Gasteiger partial charge in [0.25, 0.3) is 0 Å². The number of hydrogen-bond acceptors (Lipinski definition) is 5. The molecule has 0 aromatic heterocycles. The Balaban J connectivity index is 0.000000202. The van der Waals surface area contributed by atoms with Crippen molar-refractivity contribution in [2.45, 2.75) is 95.5 Å². The number of aliphatic imine (C=N–C) groups is 1. The SMILES string of the molecule is C=CN1CCN(C(=O)CC(C)(C)C)C[C@@H]1c1ccccc1.O=S(=O)(NC1CCCCCCC1)c1ccc(C2=CCC=N2)cc1. The number of rotatable bonds is 7. The zero-order valence-electron chi connectivity index (χ0n) is 26.7. The molecule has 1 saturated carbocycles. The van der Waals surface area contributed by atoms with Crippen molar-refractivity contribution in [2.75, 3.05) is 19.6 Å². The van der Waals surface area contributed by atoms with Crippen molar-refractivity contribution >= 4 is 27.8 Å². The molecule has 7 nitrogen and oxygen atoms in total. The van der Waals surface area contributed by atoms with E-state index in [1.54, 1.807) is 12.1 Å². The van der Waals surface area contributed by atoms with Crippen molar-refractivity contribution in [1.82, 2.24) is 14.5 Å². The normalized spacial score (nSPS) is 19.8. The largest absolute Gasteiger partial charge is 0.367 e. The molecule has 1 amide bonds. The molecule has 1 saturated heterocycles. The number of hydrogen-bond donors (Lipinski definition) is 1. The minimum Gasteiger partial charge on any atom is -0.367 e. The van der Waals surface area contributed by atoms with Crippen LogP contribution in [0.4, 0.5) is 0 Å². The molecule has 0 radical (unpaired) electrons. The highest BCUT2D eigenvalue weighted by atomic mass is 32.2. The Kier molecular flexibility index (Phi) is 12.0. The van der Waals surface area contributed by atoms with Crippen molar-refractivity contribution in [2.24, 2.45) is 10.4 Å². The van der Waals surface area contributed by atoms with Crippen LogP contribution in [0, 0.1) is 5.41 Å². The molecule has 5 rings (SSSR count). The maximum Gasteiger partial charge on any atom is 0.240 e. The molecule has 44 heavy (non-hydrogen) atoms. The average Bonchev–Trinajstić information content (AvgIpc) is 3.53. The molecule has 3 aliphatic rings. The summed E-state index contributed by atoms with van der Waals surface area (Å²) in [6.07, 6.45) is 15.0. The van der Waals surface area contributed by atoms with Crippen LogP contribution in [0.25, 0.3) is 5.70 Å². The van der Waals surface area contributed by atoms with Gasteiger partial charge in [-0.1, -0.05) is 108 Å². The van der Waals surface area contributed by atoms with E-state index < -0.39 is 10.0 Å². The number of nitrogens with one attached hydrogen (secondary N) is 1. The molecule has 1 aliphatic carbocycles. The Labute approximate surface area is 265 Å². The molecule has 2 fully saturated rings. The molecule has 8 heteroatoms. The van der Waals surface area contributed by atoms with Crippen LogP contribution in [0.5, 0.6) is 0 Å². The van der Waals surface area contributed by atoms with Gasteiger partial charge in [0.05, 0.1) is 16.6 Å². The van der Waals surface area contributed by atoms with Gasteiger partial charge in [0.15, 0.2) is 0 Å². The highest BCUT2D eigenvalue weighted by Crippen LogP contribution is 2.28. The topological polar surface area (TPSA) is 82.1 Å². The average molecular weight is 619 g/mol. The summed E-state index contributed by atoms with van der Waals surface area (Å²) in [5.74, 6) is 0.257. The quantitative estimate of drug-likeness (QED) is 0.352. The Morgan fingerprint density at radius 2 is 1.64 bits per heavy atom. The van der Waals surface area contributed by atoms with E-state index in [1.165, 1.54) is 24.8 Å². The zero-order valence-corrected chi connectivity index (χ0v) is 27.6. The van der Waals surface area contributed by atoms with Crippen molar-refractivity contribution < 1.29 is 13.2 Å². The van der Waals surface area contributed by atoms with Crippen LogP contribution in [0.15, 0.2) is 83.3 Å². The van der Waals surface area contributed by atoms with Crippen LogP contribution in [0.1, 0.15) is 95.7 Å². The monoisotopic (exact) mass is 618 g/mol. The van der Waals surface area contributed by atoms with Crippen molar-refractivity contribution in [3.8, 4) is 0 Å². The van der Waals surface area contributed by atoms with Crippen LogP contribution in [-0.4, -0.2) is 56.0 Å². The van der Waals surface area contributed by atoms with E-state index in [-0.39, 0.29) is 23.4 Å². The fourth-order valence-corrected chi connectivity index (χ4v) is 7.31. The minimum absolute atomic E-state index is 0.0366. The molecule has 0 unspecified atom stereocenters. The molecule has 2 aliphatic heterocycles. The first-order valence-corrected chi connectivity index (χ1v) is 17.6. The second-order valence-corrected chi connectivity index (χ2v) is 15.0. The Bertz CT molecular complexity index is 1390. The molecule has 2 heterocycles. The third kappa shape index (κ3) is 9.89. The lowest BCUT2D eigenvalue weighted by molar-refractivity contribution is -0.135. The summed E-state index contributed by atoms with van der Waals surface area (Å²) in [6, 6.07) is 17.7. The second kappa shape index (κ2) is 15.7. The highest BCUT2D eigenvalue weighted by Gasteiger charge is 2.30. The van der Waals surface area contributed by atoms with E-state index in [4.69, 9.17) is 0 Å². The van der Waals surface area contributed by atoms with Crippen LogP contribution >= 0.6 is 0 Å². The lowest BCUT2D eigenvalue weighted by Gasteiger charge is -2.41. The van der Waals surface area contributed by atoms with Gasteiger partial charge >= 0.3 is 0 Å². The predicted molar refractivity (Wildman–Crippen MR) is 181 cm³/mol. The molecule has 2 aromatic rings. The number of carbonyl (C=O) groups is 1. The van der Waals surface area contributed by atoms with Gasteiger partial charge < -0.3 is 9.80 Å². The van der Waals surface area contributed by atoms with Gasteiger partial charge in [-0.25, -0.2) is 13.1 Å². The predicted octanol–water partition coefficient (Wildman–Crippen LogP) is 7.34. The standard InChI is InChI=1S/C18H24N2O2S.C18H26N2O/c21-23(22,20-16-7-4-2-1-3-5-8-16)17-12-10-15(11-13-17)18-9-6-14-19-18;1-5-19-11-12-20(17(21)13-18(2,3)4)14-16(19)15-9-7-6-8-10-15/h9-14,16,20H,1-8H2;5-10,16H,1,11-14H2,2-4H3/t;16-/m.1/s1. The third-order valence-corrected chi connectivity index (χ3v) is 9.95. The minimum atomic E-state index is -3.44. The smallest absolute Gasteiger partial charge is 0.240 e. The highest BCUT2D eigenvalue weighted by molar-refractivity contribution is 7.89. The van der Waals surface area contributed by atoms with Crippen molar-refractivity contribution in [3.63, 3.8) is 0 Å². The van der Waals surface area contributed by atoms with Crippen LogP contribution in [0.2, 0.25) is 0 Å². The van der Waals surface area contributed by atoms with E-state index in [2.05, 4.69) is 54.1 Å². The van der Waals surface area contributed by atoms with Crippen molar-refractivity contribution in [3.05, 3.63) is 84.6 Å². The number of carbonyl (C=O) groups excluding carboxylic acids is 1. The lowest BCUT2D eigenvalue weighted by Crippen LogP contribution is -2.49. The molecule has 1 N–H and O–H groups in total. The Hall–Kier alpha value is -3.23. The van der Waals surface area contributed by atoms with Gasteiger partial charge in [-0.3, -0.25) is 9.79 Å². The number of nitrogens with zero attached hydrogens (tertiary/aromatic N) is 3. The second-order valence-electron chi connectivity index (χ2n) is 13.2. The van der Waals surface area contributed by atoms with Gasteiger partial charge in [0.2, 0.25) is 15.9 Å². The summed E-state index contributed by atoms with van der Waals surface area (Å²) < 4.78 is 28.0. The van der Waals surface area contributed by atoms with E-state index in [0.717, 1.165) is 63.0 Å². The third-order valence-electron chi connectivity index (χ3n) is 8.41. The summed E-state index contributed by atoms with van der Waals surface area (Å²) in [7, 11) is -3.44. The zero-order chi connectivity index (χ0) is 31.6. The van der Waals surface area contributed by atoms with E-state index in [9.17, 15) is 13.2 Å². The lowest BCUT2D eigenvalue weighted by atomic mass is 9.91. The van der Waals surface area contributed by atoms with Crippen LogP contribution in [0.3, 0.4) is 0 Å². The molecule has 1 atom stereocenters. The van der Waals surface area contributed by atoms with Gasteiger partial charge in [-0.15, -0.1) is 0 Å². The fourth-order valence-electron chi connectivity index (χ4n) is 6.01.